The Kier molecular flexibility index (Phi) is 2.32. The Balaban J connectivity index is 1.96. The second-order valence-corrected chi connectivity index (χ2v) is 4.86. The van der Waals surface area contributed by atoms with Crippen molar-refractivity contribution in [3.63, 3.8) is 0 Å². The normalized spacial score (nSPS) is 24.2. The molecule has 2 aliphatic rings. The Labute approximate surface area is 96.7 Å². The van der Waals surface area contributed by atoms with E-state index in [0.717, 1.165) is 17.5 Å². The van der Waals surface area contributed by atoms with Gasteiger partial charge < -0.3 is 5.73 Å². The van der Waals surface area contributed by atoms with Gasteiger partial charge in [0.2, 0.25) is 0 Å². The molecule has 82 valence electrons. The second kappa shape index (κ2) is 3.82. The lowest BCUT2D eigenvalue weighted by Crippen LogP contribution is -2.07. The van der Waals surface area contributed by atoms with E-state index < -0.39 is 0 Å². The first-order chi connectivity index (χ1) is 7.84. The maximum absolute atomic E-state index is 5.86. The topological polar surface area (TPSA) is 26.0 Å². The van der Waals surface area contributed by atoms with Gasteiger partial charge in [0.05, 0.1) is 0 Å². The lowest BCUT2D eigenvalue weighted by Gasteiger charge is -2.21. The summed E-state index contributed by atoms with van der Waals surface area (Å²) in [5.74, 6) is 1.64. The fourth-order valence-electron chi connectivity index (χ4n) is 2.62. The zero-order valence-corrected chi connectivity index (χ0v) is 9.39. The predicted molar refractivity (Wildman–Crippen MR) is 68.8 cm³/mol. The van der Waals surface area contributed by atoms with Gasteiger partial charge in [-0.2, -0.15) is 0 Å². The van der Waals surface area contributed by atoms with E-state index in [1.54, 1.807) is 0 Å². The van der Waals surface area contributed by atoms with Gasteiger partial charge in [0.15, 0.2) is 0 Å². The third kappa shape index (κ3) is 1.78. The van der Waals surface area contributed by atoms with Crippen molar-refractivity contribution in [3.8, 4) is 0 Å². The third-order valence-electron chi connectivity index (χ3n) is 3.61. The molecule has 0 amide bonds. The zero-order valence-electron chi connectivity index (χ0n) is 9.39. The van der Waals surface area contributed by atoms with E-state index in [9.17, 15) is 0 Å². The van der Waals surface area contributed by atoms with Crippen molar-refractivity contribution in [1.82, 2.24) is 0 Å². The molecule has 1 aromatic carbocycles. The van der Waals surface area contributed by atoms with Crippen LogP contribution < -0.4 is 5.73 Å². The molecule has 1 unspecified atom stereocenters. The van der Waals surface area contributed by atoms with Gasteiger partial charge in [-0.25, -0.2) is 0 Å². The van der Waals surface area contributed by atoms with Crippen molar-refractivity contribution in [1.29, 1.82) is 0 Å². The summed E-state index contributed by atoms with van der Waals surface area (Å²) in [5, 5.41) is 0. The number of rotatable bonds is 2. The number of hydrogen-bond acceptors (Lipinski definition) is 1. The van der Waals surface area contributed by atoms with Crippen LogP contribution in [0.25, 0.3) is 5.57 Å². The van der Waals surface area contributed by atoms with Crippen molar-refractivity contribution in [3.05, 3.63) is 48.1 Å². The molecule has 3 rings (SSSR count). The number of hydrogen-bond donors (Lipinski definition) is 1. The van der Waals surface area contributed by atoms with E-state index >= 15 is 0 Å². The smallest absolute Gasteiger partial charge is 0.0320 e. The van der Waals surface area contributed by atoms with Gasteiger partial charge >= 0.3 is 0 Å². The fraction of sp³-hybridized carbons (Fsp3) is 0.333. The summed E-state index contributed by atoms with van der Waals surface area (Å²) in [7, 11) is 0. The number of nitrogens with two attached hydrogens (primary N) is 1. The third-order valence-corrected chi connectivity index (χ3v) is 3.61. The van der Waals surface area contributed by atoms with E-state index in [1.165, 1.54) is 30.4 Å². The van der Waals surface area contributed by atoms with Crippen LogP contribution in [0.3, 0.4) is 0 Å². The molecule has 0 spiro atoms. The molecule has 0 saturated heterocycles. The molecular weight excluding hydrogens is 194 g/mol. The van der Waals surface area contributed by atoms with Crippen LogP contribution in [0.2, 0.25) is 0 Å². The van der Waals surface area contributed by atoms with E-state index in [4.69, 9.17) is 5.73 Å². The minimum atomic E-state index is 0.729. The molecule has 1 fully saturated rings. The van der Waals surface area contributed by atoms with Crippen LogP contribution in [0.1, 0.15) is 24.8 Å². The number of benzene rings is 1. The summed E-state index contributed by atoms with van der Waals surface area (Å²) in [6.07, 6.45) is 10.7. The molecule has 0 bridgehead atoms. The summed E-state index contributed by atoms with van der Waals surface area (Å²) in [6, 6.07) is 8.28. The molecular formula is C15H17N. The van der Waals surface area contributed by atoms with Crippen LogP contribution in [0.4, 0.5) is 5.69 Å². The average molecular weight is 211 g/mol. The van der Waals surface area contributed by atoms with Crippen LogP contribution in [-0.4, -0.2) is 0 Å². The van der Waals surface area contributed by atoms with Crippen LogP contribution in [0, 0.1) is 11.8 Å². The number of nitrogen functional groups attached to an aromatic ring is 1. The molecule has 0 radical (unpaired) electrons. The van der Waals surface area contributed by atoms with Crippen LogP contribution >= 0.6 is 0 Å². The van der Waals surface area contributed by atoms with Gasteiger partial charge in [-0.05, 0) is 54.4 Å². The molecule has 16 heavy (non-hydrogen) atoms. The zero-order chi connectivity index (χ0) is 11.0. The summed E-state index contributed by atoms with van der Waals surface area (Å²) in [5.41, 5.74) is 9.51. The summed E-state index contributed by atoms with van der Waals surface area (Å²) in [6.45, 7) is 0. The van der Waals surface area contributed by atoms with E-state index in [-0.39, 0.29) is 0 Å². The number of allylic oxidation sites excluding steroid dienone is 4. The van der Waals surface area contributed by atoms with Gasteiger partial charge in [-0.3, -0.25) is 0 Å². The van der Waals surface area contributed by atoms with E-state index in [1.807, 2.05) is 12.1 Å². The Morgan fingerprint density at radius 2 is 2.06 bits per heavy atom. The van der Waals surface area contributed by atoms with Crippen molar-refractivity contribution in [2.75, 3.05) is 5.73 Å². The highest BCUT2D eigenvalue weighted by Gasteiger charge is 2.33. The van der Waals surface area contributed by atoms with Gasteiger partial charge in [-0.1, -0.05) is 30.4 Å². The first-order valence-electron chi connectivity index (χ1n) is 6.07. The van der Waals surface area contributed by atoms with Gasteiger partial charge in [0.25, 0.3) is 0 Å². The Hall–Kier alpha value is -1.50. The first-order valence-corrected chi connectivity index (χ1v) is 6.07. The maximum atomic E-state index is 5.86. The minimum Gasteiger partial charge on any atom is -0.399 e. The van der Waals surface area contributed by atoms with Gasteiger partial charge in [0.1, 0.15) is 0 Å². The second-order valence-electron chi connectivity index (χ2n) is 4.86. The predicted octanol–water partition coefficient (Wildman–Crippen LogP) is 3.64. The van der Waals surface area contributed by atoms with Crippen molar-refractivity contribution in [2.45, 2.75) is 19.3 Å². The highest BCUT2D eigenvalue weighted by Crippen LogP contribution is 2.46. The lowest BCUT2D eigenvalue weighted by molar-refractivity contribution is 0.591. The molecule has 2 aliphatic carbocycles. The molecule has 0 aromatic heterocycles. The molecule has 0 aliphatic heterocycles. The molecule has 1 nitrogen and oxygen atoms in total. The van der Waals surface area contributed by atoms with Crippen molar-refractivity contribution >= 4 is 11.3 Å². The van der Waals surface area contributed by atoms with E-state index in [2.05, 4.69) is 30.4 Å². The fourth-order valence-corrected chi connectivity index (χ4v) is 2.62. The summed E-state index contributed by atoms with van der Waals surface area (Å²) in [4.78, 5) is 0. The van der Waals surface area contributed by atoms with Crippen LogP contribution in [0.5, 0.6) is 0 Å². The minimum absolute atomic E-state index is 0.729. The molecule has 1 heteroatoms. The van der Waals surface area contributed by atoms with E-state index in [0.29, 0.717) is 0 Å². The highest BCUT2D eigenvalue weighted by atomic mass is 14.5. The highest BCUT2D eigenvalue weighted by molar-refractivity contribution is 5.72. The lowest BCUT2D eigenvalue weighted by atomic mass is 9.83. The molecule has 1 saturated carbocycles. The summed E-state index contributed by atoms with van der Waals surface area (Å²) < 4.78 is 0. The van der Waals surface area contributed by atoms with Gasteiger partial charge in [-0.15, -0.1) is 0 Å². The monoisotopic (exact) mass is 211 g/mol. The average Bonchev–Trinajstić information content (AvgIpc) is 3.13. The maximum Gasteiger partial charge on any atom is 0.0320 e. The molecule has 1 aromatic rings. The van der Waals surface area contributed by atoms with Crippen molar-refractivity contribution < 1.29 is 0 Å². The Morgan fingerprint density at radius 1 is 1.19 bits per heavy atom. The van der Waals surface area contributed by atoms with Gasteiger partial charge in [0, 0.05) is 5.69 Å². The Morgan fingerprint density at radius 3 is 2.81 bits per heavy atom. The largest absolute Gasteiger partial charge is 0.399 e. The van der Waals surface area contributed by atoms with Crippen LogP contribution in [-0.2, 0) is 0 Å². The van der Waals surface area contributed by atoms with Crippen LogP contribution in [0.15, 0.2) is 42.5 Å². The molecule has 0 heterocycles. The Bertz CT molecular complexity index is 452. The van der Waals surface area contributed by atoms with Crippen molar-refractivity contribution in [2.24, 2.45) is 11.8 Å². The standard InChI is InChI=1S/C15H17N/c16-13-5-3-4-12(10-13)15-7-2-1-6-14(15)11-8-9-11/h1-5,7,10-11,14H,6,8-9,16H2. The quantitative estimate of drug-likeness (QED) is 0.743. The summed E-state index contributed by atoms with van der Waals surface area (Å²) >= 11 is 0. The SMILES string of the molecule is Nc1cccc(C2=CC=CCC2C2CC2)c1. The molecule has 2 N–H and O–H groups in total. The molecule has 1 atom stereocenters. The number of anilines is 1. The first kappa shape index (κ1) is 9.71.